The maximum atomic E-state index is 5.98. The summed E-state index contributed by atoms with van der Waals surface area (Å²) in [6.07, 6.45) is 1.82. The Morgan fingerprint density at radius 3 is 3.00 bits per heavy atom. The van der Waals surface area contributed by atoms with Gasteiger partial charge in [0.1, 0.15) is 10.8 Å². The summed E-state index contributed by atoms with van der Waals surface area (Å²) >= 11 is 7.63. The maximum Gasteiger partial charge on any atom is 0.125 e. The van der Waals surface area contributed by atoms with Crippen LogP contribution in [-0.4, -0.2) is 14.5 Å². The molecule has 0 fully saturated rings. The van der Waals surface area contributed by atoms with Crippen LogP contribution in [0.3, 0.4) is 0 Å². The molecule has 0 radical (unpaired) electrons. The number of fused-ring (bicyclic) bond motifs is 1. The van der Waals surface area contributed by atoms with Gasteiger partial charge in [-0.25, -0.2) is 9.97 Å². The van der Waals surface area contributed by atoms with Crippen LogP contribution in [0.1, 0.15) is 16.4 Å². The fourth-order valence-corrected chi connectivity index (χ4v) is 2.84. The Balaban J connectivity index is 2.15. The summed E-state index contributed by atoms with van der Waals surface area (Å²) < 4.78 is 2.15. The van der Waals surface area contributed by atoms with Gasteiger partial charge in [0.2, 0.25) is 0 Å². The minimum Gasteiger partial charge on any atom is -0.320 e. The summed E-state index contributed by atoms with van der Waals surface area (Å²) in [5.74, 6) is 1.31. The van der Waals surface area contributed by atoms with Crippen molar-refractivity contribution in [1.82, 2.24) is 14.5 Å². The number of alkyl halides is 1. The van der Waals surface area contributed by atoms with E-state index >= 15 is 0 Å². The van der Waals surface area contributed by atoms with Gasteiger partial charge in [0.15, 0.2) is 0 Å². The molecule has 0 bridgehead atoms. The predicted molar refractivity (Wildman–Crippen MR) is 75.2 cm³/mol. The number of thiazole rings is 1. The fourth-order valence-electron chi connectivity index (χ4n) is 2.03. The van der Waals surface area contributed by atoms with Crippen LogP contribution in [0.25, 0.3) is 11.0 Å². The van der Waals surface area contributed by atoms with Crippen LogP contribution in [0.4, 0.5) is 0 Å². The molecule has 0 saturated carbocycles. The molecule has 92 valence electrons. The van der Waals surface area contributed by atoms with Gasteiger partial charge >= 0.3 is 0 Å². The number of aromatic nitrogens is 3. The SMILES string of the molecule is Cc1ccc2nc(CCl)n(Cc3nccs3)c2c1. The number of aryl methyl sites for hydroxylation is 1. The summed E-state index contributed by atoms with van der Waals surface area (Å²) in [5.41, 5.74) is 3.34. The summed E-state index contributed by atoms with van der Waals surface area (Å²) in [6.45, 7) is 2.82. The predicted octanol–water partition coefficient (Wildman–Crippen LogP) is 3.59. The van der Waals surface area contributed by atoms with E-state index in [1.54, 1.807) is 11.3 Å². The highest BCUT2D eigenvalue weighted by molar-refractivity contribution is 7.09. The number of hydrogen-bond donors (Lipinski definition) is 0. The molecule has 0 aliphatic carbocycles. The highest BCUT2D eigenvalue weighted by Gasteiger charge is 2.11. The van der Waals surface area contributed by atoms with Crippen LogP contribution in [0.5, 0.6) is 0 Å². The van der Waals surface area contributed by atoms with E-state index in [4.69, 9.17) is 11.6 Å². The molecular weight excluding hydrogens is 266 g/mol. The zero-order chi connectivity index (χ0) is 12.5. The molecule has 2 heterocycles. The molecular formula is C13H12ClN3S. The number of nitrogens with zero attached hydrogens (tertiary/aromatic N) is 3. The fraction of sp³-hybridized carbons (Fsp3) is 0.231. The van der Waals surface area contributed by atoms with Crippen molar-refractivity contribution in [3.8, 4) is 0 Å². The molecule has 5 heteroatoms. The molecule has 3 nitrogen and oxygen atoms in total. The summed E-state index contributed by atoms with van der Waals surface area (Å²) in [5, 5.41) is 3.06. The van der Waals surface area contributed by atoms with Gasteiger partial charge in [-0.3, -0.25) is 0 Å². The molecule has 0 N–H and O–H groups in total. The first kappa shape index (κ1) is 11.7. The molecule has 3 rings (SSSR count). The van der Waals surface area contributed by atoms with E-state index in [2.05, 4.69) is 33.6 Å². The lowest BCUT2D eigenvalue weighted by molar-refractivity contribution is 0.773. The summed E-state index contributed by atoms with van der Waals surface area (Å²) in [6, 6.07) is 6.26. The zero-order valence-corrected chi connectivity index (χ0v) is 11.5. The largest absolute Gasteiger partial charge is 0.320 e. The first-order chi connectivity index (χ1) is 8.78. The topological polar surface area (TPSA) is 30.7 Å². The average Bonchev–Trinajstić information content (AvgIpc) is 2.98. The van der Waals surface area contributed by atoms with Gasteiger partial charge < -0.3 is 4.57 Å². The third kappa shape index (κ3) is 2.02. The molecule has 0 amide bonds. The Kier molecular flexibility index (Phi) is 3.06. The van der Waals surface area contributed by atoms with E-state index in [0.717, 1.165) is 28.4 Å². The number of rotatable bonds is 3. The molecule has 18 heavy (non-hydrogen) atoms. The van der Waals surface area contributed by atoms with Gasteiger partial charge in [-0.1, -0.05) is 6.07 Å². The third-order valence-electron chi connectivity index (χ3n) is 2.88. The normalized spacial score (nSPS) is 11.2. The molecule has 0 aliphatic rings. The lowest BCUT2D eigenvalue weighted by Gasteiger charge is -2.05. The van der Waals surface area contributed by atoms with E-state index in [9.17, 15) is 0 Å². The van der Waals surface area contributed by atoms with Gasteiger partial charge in [0.25, 0.3) is 0 Å². The van der Waals surface area contributed by atoms with Crippen molar-refractivity contribution >= 4 is 34.0 Å². The van der Waals surface area contributed by atoms with Gasteiger partial charge in [0.05, 0.1) is 23.5 Å². The second-order valence-corrected chi connectivity index (χ2v) is 5.41. The zero-order valence-electron chi connectivity index (χ0n) is 9.93. The van der Waals surface area contributed by atoms with Gasteiger partial charge in [-0.2, -0.15) is 0 Å². The van der Waals surface area contributed by atoms with Crippen LogP contribution >= 0.6 is 22.9 Å². The van der Waals surface area contributed by atoms with E-state index in [1.807, 2.05) is 17.6 Å². The minimum absolute atomic E-state index is 0.416. The lowest BCUT2D eigenvalue weighted by Crippen LogP contribution is -2.03. The smallest absolute Gasteiger partial charge is 0.125 e. The quantitative estimate of drug-likeness (QED) is 0.685. The molecule has 2 aromatic heterocycles. The molecule has 0 unspecified atom stereocenters. The molecule has 0 spiro atoms. The molecule has 3 aromatic rings. The average molecular weight is 278 g/mol. The van der Waals surface area contributed by atoms with Crippen molar-refractivity contribution in [3.63, 3.8) is 0 Å². The van der Waals surface area contributed by atoms with E-state index in [-0.39, 0.29) is 0 Å². The Morgan fingerprint density at radius 2 is 2.28 bits per heavy atom. The van der Waals surface area contributed by atoms with Gasteiger partial charge in [-0.05, 0) is 24.6 Å². The Labute approximate surface area is 114 Å². The van der Waals surface area contributed by atoms with Crippen LogP contribution in [0.15, 0.2) is 29.8 Å². The monoisotopic (exact) mass is 277 g/mol. The van der Waals surface area contributed by atoms with Gasteiger partial charge in [0, 0.05) is 11.6 Å². The number of benzene rings is 1. The van der Waals surface area contributed by atoms with Crippen LogP contribution in [0.2, 0.25) is 0 Å². The van der Waals surface area contributed by atoms with Crippen molar-refractivity contribution in [1.29, 1.82) is 0 Å². The molecule has 1 aromatic carbocycles. The van der Waals surface area contributed by atoms with Gasteiger partial charge in [-0.15, -0.1) is 22.9 Å². The number of imidazole rings is 1. The first-order valence-electron chi connectivity index (χ1n) is 5.68. The highest BCUT2D eigenvalue weighted by Crippen LogP contribution is 2.21. The Hall–Kier alpha value is -1.39. The molecule has 0 atom stereocenters. The van der Waals surface area contributed by atoms with Crippen molar-refractivity contribution < 1.29 is 0 Å². The first-order valence-corrected chi connectivity index (χ1v) is 7.09. The summed E-state index contributed by atoms with van der Waals surface area (Å²) in [4.78, 5) is 8.88. The van der Waals surface area contributed by atoms with Crippen molar-refractivity contribution in [2.75, 3.05) is 0 Å². The van der Waals surface area contributed by atoms with Crippen molar-refractivity contribution in [2.24, 2.45) is 0 Å². The minimum atomic E-state index is 0.416. The van der Waals surface area contributed by atoms with Crippen molar-refractivity contribution in [3.05, 3.63) is 46.2 Å². The van der Waals surface area contributed by atoms with E-state index in [1.165, 1.54) is 5.56 Å². The second-order valence-electron chi connectivity index (χ2n) is 4.17. The van der Waals surface area contributed by atoms with Crippen LogP contribution < -0.4 is 0 Å². The Morgan fingerprint density at radius 1 is 1.39 bits per heavy atom. The standard InChI is InChI=1S/C13H12ClN3S/c1-9-2-3-10-11(6-9)17(12(7-14)16-10)8-13-15-4-5-18-13/h2-6H,7-8H2,1H3. The third-order valence-corrected chi connectivity index (χ3v) is 3.88. The Bertz CT molecular complexity index is 673. The highest BCUT2D eigenvalue weighted by atomic mass is 35.5. The number of halogens is 1. The van der Waals surface area contributed by atoms with E-state index in [0.29, 0.717) is 5.88 Å². The lowest BCUT2D eigenvalue weighted by atomic mass is 10.2. The maximum absolute atomic E-state index is 5.98. The van der Waals surface area contributed by atoms with Crippen LogP contribution in [0, 0.1) is 6.92 Å². The molecule has 0 aliphatic heterocycles. The second kappa shape index (κ2) is 4.71. The van der Waals surface area contributed by atoms with Crippen molar-refractivity contribution in [2.45, 2.75) is 19.3 Å². The number of hydrogen-bond acceptors (Lipinski definition) is 3. The van der Waals surface area contributed by atoms with E-state index < -0.39 is 0 Å². The summed E-state index contributed by atoms with van der Waals surface area (Å²) in [7, 11) is 0. The molecule has 0 saturated heterocycles. The van der Waals surface area contributed by atoms with Crippen LogP contribution in [-0.2, 0) is 12.4 Å².